The SMILES string of the molecule is NCCCNCCCCNCCC(=O)NCCCCCNC(=O)[C@@H](CC(N)=O)NC(=O)Cc1ccc(O)cc1O. The number of primary amides is 1. The van der Waals surface area contributed by atoms with Gasteiger partial charge in [0.15, 0.2) is 0 Å². The monoisotopic (exact) mass is 565 g/mol. The second kappa shape index (κ2) is 21.4. The number of unbranched alkanes of at least 4 members (excludes halogenated alkanes) is 3. The summed E-state index contributed by atoms with van der Waals surface area (Å²) in [6.45, 7) is 5.03. The summed E-state index contributed by atoms with van der Waals surface area (Å²) in [5, 5.41) is 33.8. The van der Waals surface area contributed by atoms with Gasteiger partial charge in [0.05, 0.1) is 12.8 Å². The lowest BCUT2D eigenvalue weighted by molar-refractivity contribution is -0.131. The van der Waals surface area contributed by atoms with Crippen molar-refractivity contribution in [2.75, 3.05) is 45.8 Å². The highest BCUT2D eigenvalue weighted by Crippen LogP contribution is 2.22. The third-order valence-corrected chi connectivity index (χ3v) is 6.00. The number of rotatable bonds is 23. The van der Waals surface area contributed by atoms with Crippen LogP contribution < -0.4 is 38.1 Å². The van der Waals surface area contributed by atoms with Gasteiger partial charge in [0.2, 0.25) is 23.6 Å². The van der Waals surface area contributed by atoms with Crippen LogP contribution in [0.1, 0.15) is 56.9 Å². The van der Waals surface area contributed by atoms with E-state index in [0.29, 0.717) is 39.0 Å². The fourth-order valence-corrected chi connectivity index (χ4v) is 3.79. The first-order valence-corrected chi connectivity index (χ1v) is 14.0. The Morgan fingerprint density at radius 2 is 1.40 bits per heavy atom. The Balaban J connectivity index is 2.15. The summed E-state index contributed by atoms with van der Waals surface area (Å²) in [5.74, 6) is -2.27. The molecule has 0 heterocycles. The molecule has 0 aromatic heterocycles. The Labute approximate surface area is 236 Å². The quantitative estimate of drug-likeness (QED) is 0.0749. The molecule has 1 rings (SSSR count). The van der Waals surface area contributed by atoms with E-state index in [1.807, 2.05) is 0 Å². The van der Waals surface area contributed by atoms with E-state index in [9.17, 15) is 29.4 Å². The summed E-state index contributed by atoms with van der Waals surface area (Å²) in [6, 6.07) is 2.68. The van der Waals surface area contributed by atoms with Crippen molar-refractivity contribution in [3.05, 3.63) is 23.8 Å². The van der Waals surface area contributed by atoms with Crippen LogP contribution in [0.4, 0.5) is 0 Å². The summed E-state index contributed by atoms with van der Waals surface area (Å²) >= 11 is 0. The van der Waals surface area contributed by atoms with E-state index < -0.39 is 23.8 Å². The van der Waals surface area contributed by atoms with Gasteiger partial charge in [0, 0.05) is 37.7 Å². The highest BCUT2D eigenvalue weighted by atomic mass is 16.3. The Morgan fingerprint density at radius 3 is 2.05 bits per heavy atom. The number of benzene rings is 1. The van der Waals surface area contributed by atoms with Crippen molar-refractivity contribution in [3.8, 4) is 11.5 Å². The first kappa shape index (κ1) is 34.6. The van der Waals surface area contributed by atoms with Crippen LogP contribution >= 0.6 is 0 Å². The van der Waals surface area contributed by atoms with Crippen LogP contribution in [0.2, 0.25) is 0 Å². The summed E-state index contributed by atoms with van der Waals surface area (Å²) in [7, 11) is 0. The number of nitrogens with one attached hydrogen (secondary N) is 5. The van der Waals surface area contributed by atoms with E-state index >= 15 is 0 Å². The van der Waals surface area contributed by atoms with Crippen molar-refractivity contribution in [2.24, 2.45) is 11.5 Å². The van der Waals surface area contributed by atoms with Gasteiger partial charge in [-0.1, -0.05) is 6.07 Å². The van der Waals surface area contributed by atoms with Crippen LogP contribution in [-0.2, 0) is 25.6 Å². The molecule has 1 atom stereocenters. The van der Waals surface area contributed by atoms with Gasteiger partial charge in [-0.05, 0) is 70.8 Å². The molecular weight excluding hydrogens is 518 g/mol. The van der Waals surface area contributed by atoms with E-state index in [4.69, 9.17) is 11.5 Å². The van der Waals surface area contributed by atoms with E-state index in [-0.39, 0.29) is 35.8 Å². The topological polar surface area (TPSA) is 221 Å². The summed E-state index contributed by atoms with van der Waals surface area (Å²) in [6.07, 6.45) is 5.10. The Morgan fingerprint density at radius 1 is 0.775 bits per heavy atom. The lowest BCUT2D eigenvalue weighted by Crippen LogP contribution is -2.49. The molecule has 0 bridgehead atoms. The molecule has 1 aromatic carbocycles. The van der Waals surface area contributed by atoms with Crippen LogP contribution in [0.25, 0.3) is 0 Å². The molecule has 0 saturated heterocycles. The zero-order valence-electron chi connectivity index (χ0n) is 23.3. The maximum Gasteiger partial charge on any atom is 0.243 e. The fourth-order valence-electron chi connectivity index (χ4n) is 3.79. The fraction of sp³-hybridized carbons (Fsp3) is 0.630. The number of hydrogen-bond acceptors (Lipinski definition) is 9. The van der Waals surface area contributed by atoms with Crippen LogP contribution in [0.3, 0.4) is 0 Å². The highest BCUT2D eigenvalue weighted by molar-refractivity contribution is 5.92. The van der Waals surface area contributed by atoms with Crippen LogP contribution in [0, 0.1) is 0 Å². The number of phenols is 2. The zero-order valence-corrected chi connectivity index (χ0v) is 23.3. The van der Waals surface area contributed by atoms with Crippen molar-refractivity contribution in [2.45, 2.75) is 63.8 Å². The van der Waals surface area contributed by atoms with Crippen molar-refractivity contribution in [3.63, 3.8) is 0 Å². The molecule has 13 nitrogen and oxygen atoms in total. The Bertz CT molecular complexity index is 915. The highest BCUT2D eigenvalue weighted by Gasteiger charge is 2.23. The van der Waals surface area contributed by atoms with Crippen molar-refractivity contribution in [1.82, 2.24) is 26.6 Å². The molecular formula is C27H47N7O6. The van der Waals surface area contributed by atoms with Crippen molar-refractivity contribution in [1.29, 1.82) is 0 Å². The molecule has 1 aromatic rings. The molecule has 0 aliphatic heterocycles. The summed E-state index contributed by atoms with van der Waals surface area (Å²) in [4.78, 5) is 48.2. The van der Waals surface area contributed by atoms with Crippen LogP contribution in [-0.4, -0.2) is 85.7 Å². The maximum absolute atomic E-state index is 12.5. The summed E-state index contributed by atoms with van der Waals surface area (Å²) in [5.41, 5.74) is 10.9. The molecule has 40 heavy (non-hydrogen) atoms. The third-order valence-electron chi connectivity index (χ3n) is 6.00. The molecule has 226 valence electrons. The molecule has 4 amide bonds. The van der Waals surface area contributed by atoms with Gasteiger partial charge in [0.25, 0.3) is 0 Å². The molecule has 13 heteroatoms. The van der Waals surface area contributed by atoms with Crippen LogP contribution in [0.15, 0.2) is 18.2 Å². The molecule has 0 aliphatic rings. The van der Waals surface area contributed by atoms with E-state index in [2.05, 4.69) is 26.6 Å². The average Bonchev–Trinajstić information content (AvgIpc) is 2.90. The minimum Gasteiger partial charge on any atom is -0.508 e. The molecule has 0 unspecified atom stereocenters. The third kappa shape index (κ3) is 17.2. The molecule has 11 N–H and O–H groups in total. The zero-order chi connectivity index (χ0) is 29.6. The van der Waals surface area contributed by atoms with E-state index in [1.165, 1.54) is 12.1 Å². The Kier molecular flexibility index (Phi) is 18.5. The first-order chi connectivity index (χ1) is 19.2. The smallest absolute Gasteiger partial charge is 0.243 e. The van der Waals surface area contributed by atoms with Gasteiger partial charge < -0.3 is 48.3 Å². The van der Waals surface area contributed by atoms with Gasteiger partial charge in [-0.25, -0.2) is 0 Å². The molecule has 0 saturated carbocycles. The molecule has 0 aliphatic carbocycles. The van der Waals surface area contributed by atoms with E-state index in [0.717, 1.165) is 57.8 Å². The second-order valence-electron chi connectivity index (χ2n) is 9.58. The predicted molar refractivity (Wildman–Crippen MR) is 152 cm³/mol. The number of nitrogens with two attached hydrogens (primary N) is 2. The largest absolute Gasteiger partial charge is 0.508 e. The van der Waals surface area contributed by atoms with Crippen molar-refractivity contribution < 1.29 is 29.4 Å². The van der Waals surface area contributed by atoms with Gasteiger partial charge >= 0.3 is 0 Å². The van der Waals surface area contributed by atoms with Gasteiger partial charge in [-0.2, -0.15) is 0 Å². The maximum atomic E-state index is 12.5. The second-order valence-corrected chi connectivity index (χ2v) is 9.58. The lowest BCUT2D eigenvalue weighted by atomic mass is 10.1. The lowest BCUT2D eigenvalue weighted by Gasteiger charge is -2.17. The van der Waals surface area contributed by atoms with Gasteiger partial charge in [0.1, 0.15) is 17.5 Å². The molecule has 0 spiro atoms. The Hall–Kier alpha value is -3.42. The average molecular weight is 566 g/mol. The summed E-state index contributed by atoms with van der Waals surface area (Å²) < 4.78 is 0. The molecule has 0 radical (unpaired) electrons. The van der Waals surface area contributed by atoms with Gasteiger partial charge in [-0.3, -0.25) is 19.2 Å². The standard InChI is InChI=1S/C27H47N7O6/c28-10-6-13-30-11-4-5-12-31-16-9-25(38)32-14-2-1-3-15-33-27(40)22(19-24(29)37)34-26(39)17-20-7-8-21(35)18-23(20)36/h7-8,18,22,30-31,35-36H,1-6,9-17,19,28H2,(H2,29,37)(H,32,38)(H,33,40)(H,34,39)/t22-/m1/s1. The predicted octanol–water partition coefficient (Wildman–Crippen LogP) is -0.898. The van der Waals surface area contributed by atoms with Crippen molar-refractivity contribution >= 4 is 23.6 Å². The normalized spacial score (nSPS) is 11.5. The number of hydrogen-bond donors (Lipinski definition) is 9. The first-order valence-electron chi connectivity index (χ1n) is 14.0. The van der Waals surface area contributed by atoms with E-state index in [1.54, 1.807) is 0 Å². The minimum atomic E-state index is -1.14. The number of aromatic hydroxyl groups is 2. The van der Waals surface area contributed by atoms with Crippen LogP contribution in [0.5, 0.6) is 11.5 Å². The molecule has 0 fully saturated rings. The minimum absolute atomic E-state index is 0.00471. The van der Waals surface area contributed by atoms with Gasteiger partial charge in [-0.15, -0.1) is 0 Å². The number of carbonyl (C=O) groups excluding carboxylic acids is 4. The number of amides is 4. The number of carbonyl (C=O) groups is 4. The number of phenolic OH excluding ortho intramolecular Hbond substituents is 2.